The number of hydrogen-bond acceptors (Lipinski definition) is 6. The maximum absolute atomic E-state index is 13.7. The van der Waals surface area contributed by atoms with Gasteiger partial charge in [0.15, 0.2) is 11.0 Å². The minimum absolute atomic E-state index is 0.0189. The Balaban J connectivity index is 1.28. The number of hydrogen-bond donors (Lipinski definition) is 0. The third-order valence-corrected chi connectivity index (χ3v) is 7.05. The first-order valence-corrected chi connectivity index (χ1v) is 12.3. The molecule has 0 radical (unpaired) electrons. The molecule has 0 saturated heterocycles. The number of pyridine rings is 1. The number of benzene rings is 2. The summed E-state index contributed by atoms with van der Waals surface area (Å²) in [6.07, 6.45) is 5.73. The first-order chi connectivity index (χ1) is 16.8. The summed E-state index contributed by atoms with van der Waals surface area (Å²) in [5, 5.41) is 9.69. The normalized spacial score (nSPS) is 17.2. The number of carbonyl (C=O) groups is 1. The lowest BCUT2D eigenvalue weighted by atomic mass is 10.0. The van der Waals surface area contributed by atoms with Crippen molar-refractivity contribution in [2.75, 3.05) is 17.3 Å². The van der Waals surface area contributed by atoms with E-state index in [-0.39, 0.29) is 17.7 Å². The molecule has 3 heterocycles. The maximum atomic E-state index is 13.7. The molecule has 34 heavy (non-hydrogen) atoms. The highest BCUT2D eigenvalue weighted by molar-refractivity contribution is 7.99. The molecule has 0 bridgehead atoms. The van der Waals surface area contributed by atoms with Crippen LogP contribution < -0.4 is 9.64 Å². The molecule has 0 N–H and O–H groups in total. The van der Waals surface area contributed by atoms with Crippen LogP contribution in [0.3, 0.4) is 0 Å². The summed E-state index contributed by atoms with van der Waals surface area (Å²) in [4.78, 5) is 19.7. The summed E-state index contributed by atoms with van der Waals surface area (Å²) < 4.78 is 8.19. The molecule has 2 aromatic carbocycles. The summed E-state index contributed by atoms with van der Waals surface area (Å²) in [6.45, 7) is 0.419. The Morgan fingerprint density at radius 1 is 0.971 bits per heavy atom. The molecule has 1 fully saturated rings. The molecular formula is C26H23N5O2S. The maximum Gasteiger partial charge on any atom is 0.238 e. The van der Waals surface area contributed by atoms with Crippen LogP contribution in [-0.2, 0) is 4.79 Å². The fourth-order valence-corrected chi connectivity index (χ4v) is 5.21. The van der Waals surface area contributed by atoms with Gasteiger partial charge in [0, 0.05) is 24.0 Å². The zero-order valence-electron chi connectivity index (χ0n) is 18.4. The van der Waals surface area contributed by atoms with Crippen LogP contribution in [0.1, 0.15) is 30.5 Å². The third-order valence-electron chi connectivity index (χ3n) is 6.13. The first kappa shape index (κ1) is 20.9. The number of para-hydroxylation sites is 2. The van der Waals surface area contributed by atoms with Crippen LogP contribution in [0.25, 0.3) is 11.4 Å². The molecule has 8 heteroatoms. The second-order valence-corrected chi connectivity index (χ2v) is 9.34. The molecule has 170 valence electrons. The molecule has 1 atom stereocenters. The topological polar surface area (TPSA) is 73.1 Å². The monoisotopic (exact) mass is 469 g/mol. The van der Waals surface area contributed by atoms with Gasteiger partial charge in [-0.1, -0.05) is 54.2 Å². The molecule has 7 nitrogen and oxygen atoms in total. The highest BCUT2D eigenvalue weighted by atomic mass is 32.2. The van der Waals surface area contributed by atoms with Gasteiger partial charge in [-0.2, -0.15) is 0 Å². The average Bonchev–Trinajstić information content (AvgIpc) is 3.66. The Kier molecular flexibility index (Phi) is 5.50. The van der Waals surface area contributed by atoms with E-state index in [1.54, 1.807) is 12.4 Å². The van der Waals surface area contributed by atoms with Crippen LogP contribution in [0.15, 0.2) is 84.3 Å². The van der Waals surface area contributed by atoms with E-state index >= 15 is 0 Å². The summed E-state index contributed by atoms with van der Waals surface area (Å²) in [5.41, 5.74) is 2.84. The number of amides is 1. The lowest BCUT2D eigenvalue weighted by Gasteiger charge is -2.37. The van der Waals surface area contributed by atoms with Crippen molar-refractivity contribution in [2.45, 2.75) is 30.1 Å². The van der Waals surface area contributed by atoms with E-state index in [0.29, 0.717) is 12.6 Å². The van der Waals surface area contributed by atoms with Crippen LogP contribution >= 0.6 is 11.8 Å². The summed E-state index contributed by atoms with van der Waals surface area (Å²) in [5.74, 6) is 1.84. The van der Waals surface area contributed by atoms with Crippen LogP contribution in [0.2, 0.25) is 0 Å². The number of fused-ring (bicyclic) bond motifs is 1. The molecular weight excluding hydrogens is 446 g/mol. The van der Waals surface area contributed by atoms with Gasteiger partial charge in [0.2, 0.25) is 5.91 Å². The van der Waals surface area contributed by atoms with Crippen molar-refractivity contribution in [3.63, 3.8) is 0 Å². The summed E-state index contributed by atoms with van der Waals surface area (Å²) in [7, 11) is 0. The van der Waals surface area contributed by atoms with Crippen molar-refractivity contribution in [1.29, 1.82) is 0 Å². The van der Waals surface area contributed by atoms with E-state index in [0.717, 1.165) is 46.4 Å². The van der Waals surface area contributed by atoms with Crippen molar-refractivity contribution in [2.24, 2.45) is 0 Å². The predicted molar refractivity (Wildman–Crippen MR) is 131 cm³/mol. The number of rotatable bonds is 6. The molecule has 2 aliphatic rings. The highest BCUT2D eigenvalue weighted by Crippen LogP contribution is 2.42. The number of thioether (sulfide) groups is 1. The third kappa shape index (κ3) is 3.94. The Morgan fingerprint density at radius 2 is 1.74 bits per heavy atom. The van der Waals surface area contributed by atoms with E-state index in [4.69, 9.17) is 4.74 Å². The van der Waals surface area contributed by atoms with Gasteiger partial charge >= 0.3 is 0 Å². The van der Waals surface area contributed by atoms with Crippen LogP contribution in [0.5, 0.6) is 5.75 Å². The lowest BCUT2D eigenvalue weighted by molar-refractivity contribution is -0.117. The SMILES string of the molecule is O=C(CSc1nnc(-c2ccncc2)n1C1CC1)N1c2ccccc2OC[C@H]1c1ccccc1. The van der Waals surface area contributed by atoms with Crippen LogP contribution in [0, 0.1) is 0 Å². The van der Waals surface area contributed by atoms with Crippen molar-refractivity contribution in [3.05, 3.63) is 84.7 Å². The van der Waals surface area contributed by atoms with Crippen LogP contribution in [0.4, 0.5) is 5.69 Å². The molecule has 0 spiro atoms. The Morgan fingerprint density at radius 3 is 2.53 bits per heavy atom. The van der Waals surface area contributed by atoms with Crippen molar-refractivity contribution >= 4 is 23.4 Å². The van der Waals surface area contributed by atoms with Crippen molar-refractivity contribution in [1.82, 2.24) is 19.7 Å². The standard InChI is InChI=1S/C26H23N5O2S/c32-24(17-34-26-29-28-25(30(26)20-10-11-20)19-12-14-27-15-13-19)31-21-8-4-5-9-23(21)33-16-22(31)18-6-2-1-3-7-18/h1-9,12-15,20,22H,10-11,16-17H2/t22-/m0/s1. The Bertz CT molecular complexity index is 1310. The molecule has 6 rings (SSSR count). The summed E-state index contributed by atoms with van der Waals surface area (Å²) >= 11 is 1.45. The number of anilines is 1. The molecule has 1 aliphatic carbocycles. The first-order valence-electron chi connectivity index (χ1n) is 11.4. The zero-order valence-corrected chi connectivity index (χ0v) is 19.3. The highest BCUT2D eigenvalue weighted by Gasteiger charge is 2.34. The molecule has 4 aromatic rings. The van der Waals surface area contributed by atoms with Gasteiger partial charge in [-0.3, -0.25) is 19.2 Å². The quantitative estimate of drug-likeness (QED) is 0.373. The fourth-order valence-electron chi connectivity index (χ4n) is 4.35. The largest absolute Gasteiger partial charge is 0.489 e. The Hall–Kier alpha value is -3.65. The number of nitrogens with zero attached hydrogens (tertiary/aromatic N) is 5. The molecule has 1 aliphatic heterocycles. The van der Waals surface area contributed by atoms with Gasteiger partial charge in [-0.25, -0.2) is 0 Å². The molecule has 1 saturated carbocycles. The minimum Gasteiger partial charge on any atom is -0.489 e. The lowest BCUT2D eigenvalue weighted by Crippen LogP contribution is -2.42. The number of ether oxygens (including phenoxy) is 1. The fraction of sp³-hybridized carbons (Fsp3) is 0.231. The van der Waals surface area contributed by atoms with E-state index in [1.807, 2.05) is 71.6 Å². The van der Waals surface area contributed by atoms with E-state index < -0.39 is 0 Å². The van der Waals surface area contributed by atoms with Crippen molar-refractivity contribution in [3.8, 4) is 17.1 Å². The molecule has 1 amide bonds. The van der Waals surface area contributed by atoms with Gasteiger partial charge in [0.1, 0.15) is 12.4 Å². The zero-order chi connectivity index (χ0) is 22.9. The van der Waals surface area contributed by atoms with Gasteiger partial charge in [-0.05, 0) is 42.7 Å². The van der Waals surface area contributed by atoms with Gasteiger partial charge in [-0.15, -0.1) is 10.2 Å². The van der Waals surface area contributed by atoms with Gasteiger partial charge < -0.3 is 4.74 Å². The van der Waals surface area contributed by atoms with Gasteiger partial charge in [0.05, 0.1) is 17.5 Å². The van der Waals surface area contributed by atoms with Crippen molar-refractivity contribution < 1.29 is 9.53 Å². The van der Waals surface area contributed by atoms with Gasteiger partial charge in [0.25, 0.3) is 0 Å². The molecule has 0 unspecified atom stereocenters. The predicted octanol–water partition coefficient (Wildman–Crippen LogP) is 4.93. The number of carbonyl (C=O) groups excluding carboxylic acids is 1. The van der Waals surface area contributed by atoms with E-state index in [1.165, 1.54) is 11.8 Å². The van der Waals surface area contributed by atoms with E-state index in [9.17, 15) is 4.79 Å². The Labute approximate surface area is 201 Å². The minimum atomic E-state index is -0.183. The number of aromatic nitrogens is 4. The van der Waals surface area contributed by atoms with E-state index in [2.05, 4.69) is 19.7 Å². The smallest absolute Gasteiger partial charge is 0.238 e. The second kappa shape index (κ2) is 8.95. The average molecular weight is 470 g/mol. The van der Waals surface area contributed by atoms with Crippen LogP contribution in [-0.4, -0.2) is 38.0 Å². The summed E-state index contributed by atoms with van der Waals surface area (Å²) in [6, 6.07) is 21.9. The molecule has 2 aromatic heterocycles. The second-order valence-electron chi connectivity index (χ2n) is 8.40.